The average Bonchev–Trinajstić information content (AvgIpc) is 2.87. The monoisotopic (exact) mass is 339 g/mol. The molecule has 1 aromatic heterocycles. The van der Waals surface area contributed by atoms with Crippen molar-refractivity contribution < 1.29 is 9.26 Å². The van der Waals surface area contributed by atoms with Gasteiger partial charge in [-0.05, 0) is 46.5 Å². The molecule has 1 unspecified atom stereocenters. The molecular formula is C14H18BrN3O2. The van der Waals surface area contributed by atoms with Crippen molar-refractivity contribution in [3.8, 4) is 17.1 Å². The zero-order chi connectivity index (χ0) is 14.7. The molecule has 0 saturated carbocycles. The Bertz CT molecular complexity index is 584. The van der Waals surface area contributed by atoms with E-state index in [9.17, 15) is 0 Å². The number of rotatable bonds is 5. The second kappa shape index (κ2) is 6.37. The van der Waals surface area contributed by atoms with E-state index < -0.39 is 0 Å². The first-order valence-electron chi connectivity index (χ1n) is 6.44. The summed E-state index contributed by atoms with van der Waals surface area (Å²) < 4.78 is 11.3. The minimum atomic E-state index is -0.224. The quantitative estimate of drug-likeness (QED) is 0.901. The van der Waals surface area contributed by atoms with Crippen molar-refractivity contribution in [2.24, 2.45) is 11.7 Å². The fourth-order valence-corrected chi connectivity index (χ4v) is 2.46. The third-order valence-electron chi connectivity index (χ3n) is 2.89. The summed E-state index contributed by atoms with van der Waals surface area (Å²) in [7, 11) is 1.62. The SMILES string of the molecule is COc1ccc(-c2noc(C(N)CC(C)C)n2)cc1Br. The van der Waals surface area contributed by atoms with E-state index in [2.05, 4.69) is 39.9 Å². The van der Waals surface area contributed by atoms with Crippen molar-refractivity contribution in [3.63, 3.8) is 0 Å². The minimum absolute atomic E-state index is 0.224. The highest BCUT2D eigenvalue weighted by atomic mass is 79.9. The number of benzene rings is 1. The van der Waals surface area contributed by atoms with Crippen LogP contribution in [0.4, 0.5) is 0 Å². The Hall–Kier alpha value is -1.40. The maximum Gasteiger partial charge on any atom is 0.243 e. The number of nitrogens with two attached hydrogens (primary N) is 1. The van der Waals surface area contributed by atoms with Gasteiger partial charge in [0.05, 0.1) is 17.6 Å². The summed E-state index contributed by atoms with van der Waals surface area (Å²) in [5.74, 6) is 2.24. The molecule has 1 atom stereocenters. The highest BCUT2D eigenvalue weighted by molar-refractivity contribution is 9.10. The molecule has 0 fully saturated rings. The molecule has 20 heavy (non-hydrogen) atoms. The van der Waals surface area contributed by atoms with Crippen LogP contribution in [-0.2, 0) is 0 Å². The van der Waals surface area contributed by atoms with Gasteiger partial charge in [-0.15, -0.1) is 0 Å². The molecule has 0 aliphatic heterocycles. The van der Waals surface area contributed by atoms with Crippen molar-refractivity contribution in [3.05, 3.63) is 28.6 Å². The summed E-state index contributed by atoms with van der Waals surface area (Å²) in [6, 6.07) is 5.40. The number of nitrogens with zero attached hydrogens (tertiary/aromatic N) is 2. The van der Waals surface area contributed by atoms with Gasteiger partial charge >= 0.3 is 0 Å². The van der Waals surface area contributed by atoms with Gasteiger partial charge in [-0.2, -0.15) is 4.98 Å². The molecule has 0 radical (unpaired) electrons. The van der Waals surface area contributed by atoms with Crippen molar-refractivity contribution in [2.45, 2.75) is 26.3 Å². The second-order valence-corrected chi connectivity index (χ2v) is 5.90. The number of halogens is 1. The van der Waals surface area contributed by atoms with Crippen molar-refractivity contribution in [2.75, 3.05) is 7.11 Å². The Labute approximate surface area is 126 Å². The van der Waals surface area contributed by atoms with Gasteiger partial charge in [0.1, 0.15) is 5.75 Å². The molecule has 0 saturated heterocycles. The summed E-state index contributed by atoms with van der Waals surface area (Å²) >= 11 is 3.44. The van der Waals surface area contributed by atoms with Crippen LogP contribution in [0.25, 0.3) is 11.4 Å². The Morgan fingerprint density at radius 2 is 2.15 bits per heavy atom. The van der Waals surface area contributed by atoms with Crippen LogP contribution in [0.1, 0.15) is 32.2 Å². The van der Waals surface area contributed by atoms with Crippen LogP contribution in [0, 0.1) is 5.92 Å². The fraction of sp³-hybridized carbons (Fsp3) is 0.429. The maximum absolute atomic E-state index is 6.04. The number of hydrogen-bond donors (Lipinski definition) is 1. The van der Waals surface area contributed by atoms with Gasteiger partial charge in [-0.25, -0.2) is 0 Å². The second-order valence-electron chi connectivity index (χ2n) is 5.04. The Morgan fingerprint density at radius 1 is 1.40 bits per heavy atom. The van der Waals surface area contributed by atoms with Crippen LogP contribution in [0.15, 0.2) is 27.2 Å². The van der Waals surface area contributed by atoms with Crippen molar-refractivity contribution in [1.29, 1.82) is 0 Å². The van der Waals surface area contributed by atoms with Gasteiger partial charge in [0.15, 0.2) is 0 Å². The first-order valence-corrected chi connectivity index (χ1v) is 7.23. The third-order valence-corrected chi connectivity index (χ3v) is 3.51. The smallest absolute Gasteiger partial charge is 0.243 e. The van der Waals surface area contributed by atoms with Gasteiger partial charge in [0.25, 0.3) is 0 Å². The number of aromatic nitrogens is 2. The summed E-state index contributed by atoms with van der Waals surface area (Å²) in [4.78, 5) is 4.37. The molecule has 0 aliphatic rings. The average molecular weight is 340 g/mol. The molecule has 1 heterocycles. The van der Waals surface area contributed by atoms with E-state index in [4.69, 9.17) is 15.0 Å². The molecular weight excluding hydrogens is 322 g/mol. The van der Waals surface area contributed by atoms with Gasteiger partial charge < -0.3 is 15.0 Å². The van der Waals surface area contributed by atoms with E-state index >= 15 is 0 Å². The van der Waals surface area contributed by atoms with E-state index in [1.807, 2.05) is 18.2 Å². The first-order chi connectivity index (χ1) is 9.51. The molecule has 0 spiro atoms. The molecule has 6 heteroatoms. The van der Waals surface area contributed by atoms with Crippen LogP contribution in [0.3, 0.4) is 0 Å². The highest BCUT2D eigenvalue weighted by Crippen LogP contribution is 2.30. The zero-order valence-electron chi connectivity index (χ0n) is 11.8. The van der Waals surface area contributed by atoms with Crippen molar-refractivity contribution in [1.82, 2.24) is 10.1 Å². The molecule has 108 valence electrons. The summed E-state index contributed by atoms with van der Waals surface area (Å²) in [6.45, 7) is 4.22. The van der Waals surface area contributed by atoms with E-state index in [0.29, 0.717) is 17.6 Å². The Kier molecular flexibility index (Phi) is 4.77. The molecule has 1 aromatic carbocycles. The van der Waals surface area contributed by atoms with E-state index in [0.717, 1.165) is 22.2 Å². The molecule has 2 aromatic rings. The molecule has 2 rings (SSSR count). The zero-order valence-corrected chi connectivity index (χ0v) is 13.3. The fourth-order valence-electron chi connectivity index (χ4n) is 1.92. The standard InChI is InChI=1S/C14H18BrN3O2/c1-8(2)6-11(16)14-17-13(18-20-14)9-4-5-12(19-3)10(15)7-9/h4-5,7-8,11H,6,16H2,1-3H3. The van der Waals surface area contributed by atoms with Crippen LogP contribution < -0.4 is 10.5 Å². The maximum atomic E-state index is 6.04. The van der Waals surface area contributed by atoms with Crippen LogP contribution >= 0.6 is 15.9 Å². The summed E-state index contributed by atoms with van der Waals surface area (Å²) in [5.41, 5.74) is 6.89. The predicted molar refractivity (Wildman–Crippen MR) is 80.4 cm³/mol. The topological polar surface area (TPSA) is 74.2 Å². The highest BCUT2D eigenvalue weighted by Gasteiger charge is 2.17. The molecule has 0 amide bonds. The molecule has 5 nitrogen and oxygen atoms in total. The van der Waals surface area contributed by atoms with Gasteiger partial charge in [-0.1, -0.05) is 19.0 Å². The van der Waals surface area contributed by atoms with Gasteiger partial charge in [0.2, 0.25) is 11.7 Å². The van der Waals surface area contributed by atoms with Crippen molar-refractivity contribution >= 4 is 15.9 Å². The van der Waals surface area contributed by atoms with Crippen LogP contribution in [0.5, 0.6) is 5.75 Å². The normalized spacial score (nSPS) is 12.7. The predicted octanol–water partition coefficient (Wildman–Crippen LogP) is 3.55. The van der Waals surface area contributed by atoms with Gasteiger partial charge in [-0.3, -0.25) is 0 Å². The number of methoxy groups -OCH3 is 1. The lowest BCUT2D eigenvalue weighted by Gasteiger charge is -2.08. The van der Waals surface area contributed by atoms with E-state index in [1.165, 1.54) is 0 Å². The number of hydrogen-bond acceptors (Lipinski definition) is 5. The molecule has 2 N–H and O–H groups in total. The third kappa shape index (κ3) is 3.37. The first kappa shape index (κ1) is 15.0. The van der Waals surface area contributed by atoms with Crippen LogP contribution in [-0.4, -0.2) is 17.3 Å². The number of ether oxygens (including phenoxy) is 1. The molecule has 0 bridgehead atoms. The minimum Gasteiger partial charge on any atom is -0.496 e. The Balaban J connectivity index is 2.22. The summed E-state index contributed by atoms with van der Waals surface area (Å²) in [6.07, 6.45) is 0.813. The molecule has 0 aliphatic carbocycles. The summed E-state index contributed by atoms with van der Waals surface area (Å²) in [5, 5.41) is 3.98. The largest absolute Gasteiger partial charge is 0.496 e. The lowest BCUT2D eigenvalue weighted by molar-refractivity contribution is 0.335. The lowest BCUT2D eigenvalue weighted by atomic mass is 10.0. The Morgan fingerprint density at radius 3 is 2.75 bits per heavy atom. The van der Waals surface area contributed by atoms with E-state index in [-0.39, 0.29) is 6.04 Å². The van der Waals surface area contributed by atoms with Gasteiger partial charge in [0, 0.05) is 5.56 Å². The van der Waals surface area contributed by atoms with Crippen LogP contribution in [0.2, 0.25) is 0 Å². The van der Waals surface area contributed by atoms with E-state index in [1.54, 1.807) is 7.11 Å². The lowest BCUT2D eigenvalue weighted by Crippen LogP contribution is -2.13.